The molecule has 1 amide bonds. The van der Waals surface area contributed by atoms with Gasteiger partial charge in [-0.3, -0.25) is 9.59 Å². The average molecular weight is 421 g/mol. The van der Waals surface area contributed by atoms with Crippen LogP contribution in [0.3, 0.4) is 0 Å². The second-order valence-electron chi connectivity index (χ2n) is 5.78. The minimum absolute atomic E-state index is 0.0113. The van der Waals surface area contributed by atoms with E-state index in [0.717, 1.165) is 20.6 Å². The van der Waals surface area contributed by atoms with E-state index < -0.39 is 5.97 Å². The lowest BCUT2D eigenvalue weighted by Gasteiger charge is -2.22. The Morgan fingerprint density at radius 3 is 2.80 bits per heavy atom. The van der Waals surface area contributed by atoms with Gasteiger partial charge in [0.05, 0.1) is 16.6 Å². The van der Waals surface area contributed by atoms with Crippen LogP contribution in [0.4, 0.5) is 0 Å². The number of amides is 1. The number of aliphatic carboxylic acids is 1. The molecular weight excluding hydrogens is 404 g/mol. The standard InChI is InChI=1S/C18H17BrN2O3S/c19-13-5-1-4-12(10-13)15-11-14(16-6-3-9-25-16)20-21(15)17(22)7-2-8-18(23)24/h1,3-6,9-10,15H,2,7-8,11H2,(H,23,24)/t15-/m0/s1. The van der Waals surface area contributed by atoms with Crippen LogP contribution in [0.5, 0.6) is 0 Å². The van der Waals surface area contributed by atoms with E-state index >= 15 is 0 Å². The zero-order valence-corrected chi connectivity index (χ0v) is 15.8. The van der Waals surface area contributed by atoms with Crippen LogP contribution in [-0.2, 0) is 9.59 Å². The van der Waals surface area contributed by atoms with Gasteiger partial charge < -0.3 is 5.11 Å². The number of thiophene rings is 1. The Bertz CT molecular complexity index is 804. The molecule has 2 heterocycles. The molecule has 1 aliphatic heterocycles. The molecule has 1 aromatic carbocycles. The van der Waals surface area contributed by atoms with Gasteiger partial charge in [0.15, 0.2) is 0 Å². The second-order valence-corrected chi connectivity index (χ2v) is 7.65. The molecule has 1 N–H and O–H groups in total. The molecule has 3 rings (SSSR count). The molecule has 0 unspecified atom stereocenters. The van der Waals surface area contributed by atoms with Crippen LogP contribution in [-0.4, -0.2) is 27.7 Å². The lowest BCUT2D eigenvalue weighted by atomic mass is 10.0. The molecule has 1 atom stereocenters. The predicted octanol–water partition coefficient (Wildman–Crippen LogP) is 4.44. The van der Waals surface area contributed by atoms with Gasteiger partial charge in [0.1, 0.15) is 0 Å². The van der Waals surface area contributed by atoms with Crippen LogP contribution >= 0.6 is 27.3 Å². The van der Waals surface area contributed by atoms with Crippen molar-refractivity contribution in [2.75, 3.05) is 0 Å². The monoisotopic (exact) mass is 420 g/mol. The van der Waals surface area contributed by atoms with E-state index in [1.54, 1.807) is 11.3 Å². The maximum atomic E-state index is 12.6. The minimum Gasteiger partial charge on any atom is -0.481 e. The van der Waals surface area contributed by atoms with E-state index in [0.29, 0.717) is 12.8 Å². The number of carboxylic acids is 1. The summed E-state index contributed by atoms with van der Waals surface area (Å²) in [5, 5.41) is 16.8. The molecule has 0 fully saturated rings. The summed E-state index contributed by atoms with van der Waals surface area (Å²) < 4.78 is 0.952. The minimum atomic E-state index is -0.888. The molecule has 1 aromatic heterocycles. The first-order chi connectivity index (χ1) is 12.0. The Balaban J connectivity index is 1.83. The zero-order chi connectivity index (χ0) is 17.8. The highest BCUT2D eigenvalue weighted by atomic mass is 79.9. The molecule has 1 aliphatic rings. The fourth-order valence-corrected chi connectivity index (χ4v) is 3.95. The summed E-state index contributed by atoms with van der Waals surface area (Å²) in [6.45, 7) is 0. The highest BCUT2D eigenvalue weighted by Crippen LogP contribution is 2.35. The smallest absolute Gasteiger partial charge is 0.303 e. The Labute approximate surface area is 158 Å². The van der Waals surface area contributed by atoms with Crippen LogP contribution in [0.1, 0.15) is 42.2 Å². The Kier molecular flexibility index (Phi) is 5.65. The van der Waals surface area contributed by atoms with Crippen LogP contribution in [0, 0.1) is 0 Å². The lowest BCUT2D eigenvalue weighted by molar-refractivity contribution is -0.137. The summed E-state index contributed by atoms with van der Waals surface area (Å²) in [4.78, 5) is 24.4. The predicted molar refractivity (Wildman–Crippen MR) is 101 cm³/mol. The molecule has 130 valence electrons. The summed E-state index contributed by atoms with van der Waals surface area (Å²) in [6, 6.07) is 11.7. The van der Waals surface area contributed by atoms with Crippen LogP contribution in [0.2, 0.25) is 0 Å². The first-order valence-electron chi connectivity index (χ1n) is 7.95. The largest absolute Gasteiger partial charge is 0.481 e. The maximum Gasteiger partial charge on any atom is 0.303 e. The number of hydrazone groups is 1. The number of nitrogens with zero attached hydrogens (tertiary/aromatic N) is 2. The summed E-state index contributed by atoms with van der Waals surface area (Å²) in [5.74, 6) is -1.03. The van der Waals surface area contributed by atoms with Gasteiger partial charge in [0, 0.05) is 23.7 Å². The van der Waals surface area contributed by atoms with Gasteiger partial charge in [0.2, 0.25) is 5.91 Å². The summed E-state index contributed by atoms with van der Waals surface area (Å²) in [5.41, 5.74) is 1.91. The number of halogens is 1. The maximum absolute atomic E-state index is 12.6. The van der Waals surface area contributed by atoms with Crippen molar-refractivity contribution in [3.63, 3.8) is 0 Å². The van der Waals surface area contributed by atoms with Crippen molar-refractivity contribution in [3.05, 3.63) is 56.7 Å². The third-order valence-electron chi connectivity index (χ3n) is 3.99. The molecule has 0 saturated carbocycles. The highest BCUT2D eigenvalue weighted by Gasteiger charge is 2.33. The lowest BCUT2D eigenvalue weighted by Crippen LogP contribution is -2.27. The number of carbonyl (C=O) groups excluding carboxylic acids is 1. The number of carboxylic acid groups (broad SMARTS) is 1. The first kappa shape index (κ1) is 17.8. The summed E-state index contributed by atoms with van der Waals surface area (Å²) >= 11 is 5.07. The molecule has 0 bridgehead atoms. The highest BCUT2D eigenvalue weighted by molar-refractivity contribution is 9.10. The molecule has 2 aromatic rings. The quantitative estimate of drug-likeness (QED) is 0.750. The molecule has 7 heteroatoms. The normalized spacial score (nSPS) is 16.8. The SMILES string of the molecule is O=C(O)CCCC(=O)N1N=C(c2cccs2)C[C@H]1c1cccc(Br)c1. The van der Waals surface area contributed by atoms with Gasteiger partial charge in [-0.05, 0) is 35.6 Å². The van der Waals surface area contributed by atoms with Crippen molar-refractivity contribution >= 4 is 44.9 Å². The average Bonchev–Trinajstić information content (AvgIpc) is 3.24. The Morgan fingerprint density at radius 2 is 2.12 bits per heavy atom. The van der Waals surface area contributed by atoms with E-state index in [1.807, 2.05) is 41.8 Å². The van der Waals surface area contributed by atoms with Gasteiger partial charge in [-0.1, -0.05) is 34.1 Å². The van der Waals surface area contributed by atoms with E-state index in [2.05, 4.69) is 21.0 Å². The fourth-order valence-electron chi connectivity index (χ4n) is 2.81. The van der Waals surface area contributed by atoms with Gasteiger partial charge in [0.25, 0.3) is 0 Å². The Hall–Kier alpha value is -1.99. The third kappa shape index (κ3) is 4.35. The Morgan fingerprint density at radius 1 is 1.28 bits per heavy atom. The van der Waals surface area contributed by atoms with Gasteiger partial charge in [-0.15, -0.1) is 11.3 Å². The molecule has 5 nitrogen and oxygen atoms in total. The van der Waals surface area contributed by atoms with Crippen LogP contribution in [0.15, 0.2) is 51.4 Å². The molecule has 0 aliphatic carbocycles. The fraction of sp³-hybridized carbons (Fsp3) is 0.278. The first-order valence-corrected chi connectivity index (χ1v) is 9.62. The topological polar surface area (TPSA) is 70.0 Å². The van der Waals surface area contributed by atoms with E-state index in [-0.39, 0.29) is 24.8 Å². The van der Waals surface area contributed by atoms with Crippen molar-refractivity contribution in [3.8, 4) is 0 Å². The molecule has 0 saturated heterocycles. The van der Waals surface area contributed by atoms with Crippen molar-refractivity contribution < 1.29 is 14.7 Å². The summed E-state index contributed by atoms with van der Waals surface area (Å²) in [7, 11) is 0. The van der Waals surface area contributed by atoms with Crippen molar-refractivity contribution in [1.82, 2.24) is 5.01 Å². The molecular formula is C18H17BrN2O3S. The van der Waals surface area contributed by atoms with Crippen LogP contribution in [0.25, 0.3) is 0 Å². The molecule has 25 heavy (non-hydrogen) atoms. The molecule has 0 radical (unpaired) electrons. The van der Waals surface area contributed by atoms with E-state index in [1.165, 1.54) is 5.01 Å². The van der Waals surface area contributed by atoms with Gasteiger partial charge in [-0.2, -0.15) is 5.10 Å². The van der Waals surface area contributed by atoms with E-state index in [4.69, 9.17) is 5.11 Å². The number of carbonyl (C=O) groups is 2. The number of benzene rings is 1. The number of hydrogen-bond donors (Lipinski definition) is 1. The number of rotatable bonds is 6. The number of hydrogen-bond acceptors (Lipinski definition) is 4. The second kappa shape index (κ2) is 7.93. The van der Waals surface area contributed by atoms with Gasteiger partial charge in [-0.25, -0.2) is 5.01 Å². The van der Waals surface area contributed by atoms with Crippen LogP contribution < -0.4 is 0 Å². The van der Waals surface area contributed by atoms with Crippen molar-refractivity contribution in [1.29, 1.82) is 0 Å². The van der Waals surface area contributed by atoms with Gasteiger partial charge >= 0.3 is 5.97 Å². The van der Waals surface area contributed by atoms with Crippen molar-refractivity contribution in [2.24, 2.45) is 5.10 Å². The molecule has 0 spiro atoms. The summed E-state index contributed by atoms with van der Waals surface area (Å²) in [6.07, 6.45) is 1.14. The zero-order valence-electron chi connectivity index (χ0n) is 13.4. The third-order valence-corrected chi connectivity index (χ3v) is 5.40. The van der Waals surface area contributed by atoms with Crippen molar-refractivity contribution in [2.45, 2.75) is 31.7 Å². The van der Waals surface area contributed by atoms with E-state index in [9.17, 15) is 9.59 Å².